The van der Waals surface area contributed by atoms with E-state index in [0.717, 1.165) is 51.6 Å². The highest BCUT2D eigenvalue weighted by Crippen LogP contribution is 2.12. The van der Waals surface area contributed by atoms with Crippen molar-refractivity contribution in [1.29, 1.82) is 5.26 Å². The van der Waals surface area contributed by atoms with Gasteiger partial charge in [0, 0.05) is 25.9 Å². The predicted octanol–water partition coefficient (Wildman–Crippen LogP) is 2.47. The number of hydrogen-bond acceptors (Lipinski definition) is 2. The summed E-state index contributed by atoms with van der Waals surface area (Å²) in [6.45, 7) is 1.83. The van der Waals surface area contributed by atoms with Gasteiger partial charge in [-0.05, 0) is 25.7 Å². The van der Waals surface area contributed by atoms with Crippen molar-refractivity contribution in [1.82, 2.24) is 4.90 Å². The summed E-state index contributed by atoms with van der Waals surface area (Å²) in [5.41, 5.74) is 0. The molecule has 1 amide bonds. The Hall–Kier alpha value is -1.04. The van der Waals surface area contributed by atoms with Crippen LogP contribution in [-0.4, -0.2) is 23.9 Å². The molecule has 1 rings (SSSR count). The van der Waals surface area contributed by atoms with E-state index in [4.69, 9.17) is 5.26 Å². The van der Waals surface area contributed by atoms with Gasteiger partial charge in [-0.3, -0.25) is 4.79 Å². The van der Waals surface area contributed by atoms with Crippen molar-refractivity contribution in [2.45, 2.75) is 51.4 Å². The molecule has 1 heterocycles. The molecule has 3 nitrogen and oxygen atoms in total. The summed E-state index contributed by atoms with van der Waals surface area (Å²) in [5.74, 6) is 0.327. The van der Waals surface area contributed by atoms with Gasteiger partial charge >= 0.3 is 0 Å². The van der Waals surface area contributed by atoms with E-state index in [-0.39, 0.29) is 0 Å². The van der Waals surface area contributed by atoms with Crippen LogP contribution in [0.4, 0.5) is 0 Å². The number of likely N-dealkylation sites (tertiary alicyclic amines) is 1. The maximum absolute atomic E-state index is 11.6. The first-order chi connectivity index (χ1) is 7.34. The van der Waals surface area contributed by atoms with Crippen LogP contribution in [0.25, 0.3) is 0 Å². The molecule has 0 aromatic rings. The van der Waals surface area contributed by atoms with Crippen molar-refractivity contribution >= 4 is 5.91 Å². The second kappa shape index (κ2) is 7.28. The van der Waals surface area contributed by atoms with Crippen molar-refractivity contribution in [3.8, 4) is 6.07 Å². The molecule has 0 N–H and O–H groups in total. The molecule has 1 aliphatic rings. The Kier molecular flexibility index (Phi) is 5.84. The number of carbonyl (C=O) groups excluding carboxylic acids is 1. The zero-order chi connectivity index (χ0) is 10.9. The first-order valence-corrected chi connectivity index (χ1v) is 5.99. The van der Waals surface area contributed by atoms with E-state index in [1.165, 1.54) is 6.42 Å². The first kappa shape index (κ1) is 12.0. The molecule has 1 saturated heterocycles. The van der Waals surface area contributed by atoms with Gasteiger partial charge in [-0.1, -0.05) is 12.8 Å². The van der Waals surface area contributed by atoms with Crippen molar-refractivity contribution in [3.63, 3.8) is 0 Å². The first-order valence-electron chi connectivity index (χ1n) is 5.99. The Balaban J connectivity index is 2.13. The van der Waals surface area contributed by atoms with Crippen LogP contribution in [-0.2, 0) is 4.79 Å². The van der Waals surface area contributed by atoms with E-state index in [9.17, 15) is 4.79 Å². The number of rotatable bonds is 5. The average Bonchev–Trinajstić information content (AvgIpc) is 2.44. The third-order valence-electron chi connectivity index (χ3n) is 2.89. The lowest BCUT2D eigenvalue weighted by Gasteiger charge is -2.20. The van der Waals surface area contributed by atoms with E-state index >= 15 is 0 Å². The Morgan fingerprint density at radius 3 is 2.87 bits per heavy atom. The lowest BCUT2D eigenvalue weighted by molar-refractivity contribution is -0.130. The van der Waals surface area contributed by atoms with Crippen molar-refractivity contribution in [3.05, 3.63) is 0 Å². The minimum Gasteiger partial charge on any atom is -0.343 e. The van der Waals surface area contributed by atoms with Crippen LogP contribution >= 0.6 is 0 Å². The zero-order valence-electron chi connectivity index (χ0n) is 9.37. The van der Waals surface area contributed by atoms with Crippen LogP contribution in [0.1, 0.15) is 51.4 Å². The highest BCUT2D eigenvalue weighted by atomic mass is 16.2. The quantitative estimate of drug-likeness (QED) is 0.651. The number of unbranched alkanes of at least 4 members (excludes halogenated alkanes) is 3. The van der Waals surface area contributed by atoms with Gasteiger partial charge in [0.25, 0.3) is 0 Å². The number of hydrogen-bond donors (Lipinski definition) is 0. The van der Waals surface area contributed by atoms with Crippen molar-refractivity contribution in [2.75, 3.05) is 13.1 Å². The average molecular weight is 208 g/mol. The van der Waals surface area contributed by atoms with Crippen molar-refractivity contribution in [2.24, 2.45) is 0 Å². The SMILES string of the molecule is N#CCCCCCN1CCCCCC1=O. The molecule has 0 bridgehead atoms. The monoisotopic (exact) mass is 208 g/mol. The predicted molar refractivity (Wildman–Crippen MR) is 59.1 cm³/mol. The van der Waals surface area contributed by atoms with Crippen LogP contribution in [0.15, 0.2) is 0 Å². The lowest BCUT2D eigenvalue weighted by atomic mass is 10.2. The van der Waals surface area contributed by atoms with E-state index in [1.807, 2.05) is 4.90 Å². The third-order valence-corrected chi connectivity index (χ3v) is 2.89. The minimum atomic E-state index is 0.327. The van der Waals surface area contributed by atoms with Crippen LogP contribution in [0.2, 0.25) is 0 Å². The third kappa shape index (κ3) is 4.83. The van der Waals surface area contributed by atoms with Gasteiger partial charge in [0.05, 0.1) is 6.07 Å². The fourth-order valence-corrected chi connectivity index (χ4v) is 1.96. The maximum atomic E-state index is 11.6. The summed E-state index contributed by atoms with van der Waals surface area (Å²) < 4.78 is 0. The molecule has 3 heteroatoms. The molecule has 0 aromatic carbocycles. The fourth-order valence-electron chi connectivity index (χ4n) is 1.96. The number of nitrogens with zero attached hydrogens (tertiary/aromatic N) is 2. The van der Waals surface area contributed by atoms with Gasteiger partial charge in [0.2, 0.25) is 5.91 Å². The second-order valence-electron chi connectivity index (χ2n) is 4.16. The van der Waals surface area contributed by atoms with Crippen molar-refractivity contribution < 1.29 is 4.79 Å². The molecular weight excluding hydrogens is 188 g/mol. The van der Waals surface area contributed by atoms with E-state index in [1.54, 1.807) is 0 Å². The molecule has 0 unspecified atom stereocenters. The molecule has 1 fully saturated rings. The Labute approximate surface area is 92.1 Å². The molecule has 0 aliphatic carbocycles. The molecule has 84 valence electrons. The summed E-state index contributed by atoms with van der Waals surface area (Å²) in [6, 6.07) is 2.14. The van der Waals surface area contributed by atoms with E-state index in [0.29, 0.717) is 12.3 Å². The molecular formula is C12H20N2O. The molecule has 0 atom stereocenters. The topological polar surface area (TPSA) is 44.1 Å². The van der Waals surface area contributed by atoms with Gasteiger partial charge in [0.1, 0.15) is 0 Å². The Bertz CT molecular complexity index is 232. The van der Waals surface area contributed by atoms with E-state index in [2.05, 4.69) is 6.07 Å². The standard InChI is InChI=1S/C12H20N2O/c13-9-5-1-2-6-10-14-11-7-3-4-8-12(14)15/h1-8,10-11H2. The fraction of sp³-hybridized carbons (Fsp3) is 0.833. The molecule has 0 aromatic heterocycles. The van der Waals surface area contributed by atoms with Crippen LogP contribution in [0.5, 0.6) is 0 Å². The minimum absolute atomic E-state index is 0.327. The summed E-state index contributed by atoms with van der Waals surface area (Å²) >= 11 is 0. The largest absolute Gasteiger partial charge is 0.343 e. The normalized spacial score (nSPS) is 17.3. The van der Waals surface area contributed by atoms with Crippen LogP contribution < -0.4 is 0 Å². The zero-order valence-corrected chi connectivity index (χ0v) is 9.37. The van der Waals surface area contributed by atoms with Gasteiger partial charge < -0.3 is 4.90 Å². The molecule has 15 heavy (non-hydrogen) atoms. The lowest BCUT2D eigenvalue weighted by Crippen LogP contribution is -2.31. The van der Waals surface area contributed by atoms with Gasteiger partial charge in [-0.2, -0.15) is 5.26 Å². The smallest absolute Gasteiger partial charge is 0.222 e. The molecule has 1 aliphatic heterocycles. The van der Waals surface area contributed by atoms with Gasteiger partial charge in [-0.25, -0.2) is 0 Å². The number of carbonyl (C=O) groups is 1. The van der Waals surface area contributed by atoms with Gasteiger partial charge in [0.15, 0.2) is 0 Å². The number of amides is 1. The van der Waals surface area contributed by atoms with Gasteiger partial charge in [-0.15, -0.1) is 0 Å². The van der Waals surface area contributed by atoms with E-state index < -0.39 is 0 Å². The Morgan fingerprint density at radius 2 is 2.07 bits per heavy atom. The number of nitriles is 1. The molecule has 0 saturated carbocycles. The summed E-state index contributed by atoms with van der Waals surface area (Å²) in [4.78, 5) is 13.6. The van der Waals surface area contributed by atoms with Crippen LogP contribution in [0.3, 0.4) is 0 Å². The Morgan fingerprint density at radius 1 is 1.20 bits per heavy atom. The van der Waals surface area contributed by atoms with Crippen LogP contribution in [0, 0.1) is 11.3 Å². The summed E-state index contributed by atoms with van der Waals surface area (Å²) in [6.07, 6.45) is 7.87. The highest BCUT2D eigenvalue weighted by molar-refractivity contribution is 5.76. The second-order valence-corrected chi connectivity index (χ2v) is 4.16. The maximum Gasteiger partial charge on any atom is 0.222 e. The molecule has 0 radical (unpaired) electrons. The summed E-state index contributed by atoms with van der Waals surface area (Å²) in [5, 5.41) is 8.38. The molecule has 0 spiro atoms. The highest BCUT2D eigenvalue weighted by Gasteiger charge is 2.15. The summed E-state index contributed by atoms with van der Waals surface area (Å²) in [7, 11) is 0.